The Morgan fingerprint density at radius 1 is 0.975 bits per heavy atom. The van der Waals surface area contributed by atoms with Gasteiger partial charge >= 0.3 is 6.09 Å². The standard InChI is InChI=1S/C33H36N4O3/c1-32(2,3)40-31(39)35-33(19-8-20-33)25-14-11-22(12-15-25)28-29(23-9-6-5-7-10-23)37-21-24(13-18-27(37)34-28)30(38)36(4)26-16-17-26/h5-7,9-15,18,21,26H,8,16-17,19-20H2,1-4H3,(H,35,39). The van der Waals surface area contributed by atoms with Crippen LogP contribution in [0.15, 0.2) is 72.9 Å². The summed E-state index contributed by atoms with van der Waals surface area (Å²) in [6, 6.07) is 22.6. The SMILES string of the molecule is CN(C(=O)c1ccc2nc(-c3ccc(C4(NC(=O)OC(C)(C)C)CCC4)cc3)c(-c3ccccc3)n2c1)C1CC1. The lowest BCUT2D eigenvalue weighted by atomic mass is 9.71. The number of pyridine rings is 1. The summed E-state index contributed by atoms with van der Waals surface area (Å²) < 4.78 is 7.58. The van der Waals surface area contributed by atoms with Crippen LogP contribution in [0.4, 0.5) is 4.79 Å². The average Bonchev–Trinajstić information content (AvgIpc) is 3.69. The lowest BCUT2D eigenvalue weighted by Crippen LogP contribution is -2.52. The van der Waals surface area contributed by atoms with Gasteiger partial charge in [-0.05, 0) is 70.6 Å². The number of carbonyl (C=O) groups excluding carboxylic acids is 2. The first-order valence-corrected chi connectivity index (χ1v) is 14.1. The van der Waals surface area contributed by atoms with Crippen LogP contribution in [0.5, 0.6) is 0 Å². The monoisotopic (exact) mass is 536 g/mol. The second-order valence-corrected chi connectivity index (χ2v) is 12.1. The molecule has 206 valence electrons. The molecule has 0 radical (unpaired) electrons. The number of fused-ring (bicyclic) bond motifs is 1. The van der Waals surface area contributed by atoms with Crippen LogP contribution in [-0.2, 0) is 10.3 Å². The second kappa shape index (κ2) is 9.81. The van der Waals surface area contributed by atoms with Gasteiger partial charge in [0.15, 0.2) is 0 Å². The van der Waals surface area contributed by atoms with E-state index < -0.39 is 11.1 Å². The number of rotatable bonds is 6. The molecule has 0 spiro atoms. The minimum Gasteiger partial charge on any atom is -0.444 e. The molecular formula is C33H36N4O3. The first-order chi connectivity index (χ1) is 19.1. The highest BCUT2D eigenvalue weighted by Gasteiger charge is 2.41. The summed E-state index contributed by atoms with van der Waals surface area (Å²) in [4.78, 5) is 32.6. The summed E-state index contributed by atoms with van der Waals surface area (Å²) in [6.07, 6.45) is 6.47. The molecule has 2 heterocycles. The van der Waals surface area contributed by atoms with Gasteiger partial charge in [-0.25, -0.2) is 9.78 Å². The maximum Gasteiger partial charge on any atom is 0.408 e. The van der Waals surface area contributed by atoms with Gasteiger partial charge in [0.25, 0.3) is 5.91 Å². The van der Waals surface area contributed by atoms with Crippen LogP contribution in [0.1, 0.15) is 68.8 Å². The molecule has 7 nitrogen and oxygen atoms in total. The van der Waals surface area contributed by atoms with E-state index in [2.05, 4.69) is 41.7 Å². The first-order valence-electron chi connectivity index (χ1n) is 14.1. The van der Waals surface area contributed by atoms with Crippen molar-refractivity contribution in [3.63, 3.8) is 0 Å². The normalized spacial score (nSPS) is 16.3. The number of aromatic nitrogens is 2. The molecule has 0 saturated heterocycles. The van der Waals surface area contributed by atoms with Crippen molar-refractivity contribution in [1.29, 1.82) is 0 Å². The van der Waals surface area contributed by atoms with E-state index in [1.54, 1.807) is 0 Å². The molecular weight excluding hydrogens is 500 g/mol. The van der Waals surface area contributed by atoms with Crippen molar-refractivity contribution in [3.05, 3.63) is 84.1 Å². The van der Waals surface area contributed by atoms with Gasteiger partial charge < -0.3 is 15.0 Å². The lowest BCUT2D eigenvalue weighted by Gasteiger charge is -2.43. The number of hydrogen-bond acceptors (Lipinski definition) is 4. The van der Waals surface area contributed by atoms with Crippen molar-refractivity contribution < 1.29 is 14.3 Å². The Morgan fingerprint density at radius 3 is 2.27 bits per heavy atom. The molecule has 2 fully saturated rings. The van der Waals surface area contributed by atoms with Gasteiger partial charge in [-0.3, -0.25) is 9.20 Å². The van der Waals surface area contributed by atoms with E-state index in [1.165, 1.54) is 0 Å². The predicted octanol–water partition coefficient (Wildman–Crippen LogP) is 6.81. The van der Waals surface area contributed by atoms with Crippen molar-refractivity contribution >= 4 is 17.6 Å². The van der Waals surface area contributed by atoms with Gasteiger partial charge in [0.2, 0.25) is 0 Å². The van der Waals surface area contributed by atoms with Gasteiger partial charge in [-0.15, -0.1) is 0 Å². The van der Waals surface area contributed by atoms with Crippen LogP contribution >= 0.6 is 0 Å². The molecule has 2 saturated carbocycles. The number of nitrogens with one attached hydrogen (secondary N) is 1. The first kappa shape index (κ1) is 26.1. The van der Waals surface area contributed by atoms with Crippen molar-refractivity contribution in [2.24, 2.45) is 0 Å². The largest absolute Gasteiger partial charge is 0.444 e. The Bertz CT molecular complexity index is 1560. The molecule has 1 N–H and O–H groups in total. The van der Waals surface area contributed by atoms with Gasteiger partial charge in [-0.1, -0.05) is 54.6 Å². The molecule has 6 rings (SSSR count). The number of imidazole rings is 1. The summed E-state index contributed by atoms with van der Waals surface area (Å²) in [7, 11) is 1.88. The Balaban J connectivity index is 1.37. The Labute approximate surface area is 235 Å². The Kier molecular flexibility index (Phi) is 6.40. The van der Waals surface area contributed by atoms with Crippen LogP contribution in [-0.4, -0.2) is 45.0 Å². The van der Waals surface area contributed by atoms with Gasteiger partial charge in [0, 0.05) is 30.4 Å². The highest BCUT2D eigenvalue weighted by atomic mass is 16.6. The molecule has 2 aromatic carbocycles. The van der Waals surface area contributed by atoms with E-state index in [9.17, 15) is 9.59 Å². The lowest BCUT2D eigenvalue weighted by molar-refractivity contribution is 0.0377. The summed E-state index contributed by atoms with van der Waals surface area (Å²) >= 11 is 0. The maximum absolute atomic E-state index is 13.2. The molecule has 7 heteroatoms. The van der Waals surface area contributed by atoms with Crippen LogP contribution in [0.3, 0.4) is 0 Å². The zero-order valence-corrected chi connectivity index (χ0v) is 23.6. The molecule has 2 aliphatic carbocycles. The van der Waals surface area contributed by atoms with Crippen molar-refractivity contribution in [1.82, 2.24) is 19.6 Å². The third-order valence-corrected chi connectivity index (χ3v) is 7.99. The smallest absolute Gasteiger partial charge is 0.408 e. The van der Waals surface area contributed by atoms with E-state index in [4.69, 9.17) is 9.72 Å². The van der Waals surface area contributed by atoms with Crippen LogP contribution in [0, 0.1) is 0 Å². The third kappa shape index (κ3) is 4.96. The molecule has 0 atom stereocenters. The van der Waals surface area contributed by atoms with Crippen LogP contribution < -0.4 is 5.32 Å². The zero-order chi connectivity index (χ0) is 28.1. The van der Waals surface area contributed by atoms with E-state index in [0.29, 0.717) is 11.6 Å². The molecule has 2 aliphatic rings. The fraction of sp³-hybridized carbons (Fsp3) is 0.364. The molecule has 0 bridgehead atoms. The van der Waals surface area contributed by atoms with Crippen molar-refractivity contribution in [2.75, 3.05) is 7.05 Å². The summed E-state index contributed by atoms with van der Waals surface area (Å²) in [5, 5.41) is 3.14. The average molecular weight is 537 g/mol. The topological polar surface area (TPSA) is 75.9 Å². The molecule has 40 heavy (non-hydrogen) atoms. The number of ether oxygens (including phenoxy) is 1. The van der Waals surface area contributed by atoms with Crippen molar-refractivity contribution in [2.45, 2.75) is 70.1 Å². The molecule has 4 aromatic rings. The Morgan fingerprint density at radius 2 is 1.68 bits per heavy atom. The fourth-order valence-electron chi connectivity index (χ4n) is 5.54. The highest BCUT2D eigenvalue weighted by molar-refractivity contribution is 5.95. The number of benzene rings is 2. The highest BCUT2D eigenvalue weighted by Crippen LogP contribution is 2.42. The second-order valence-electron chi connectivity index (χ2n) is 12.1. The van der Waals surface area contributed by atoms with Gasteiger partial charge in [0.05, 0.1) is 22.5 Å². The molecule has 2 amide bonds. The van der Waals surface area contributed by atoms with E-state index in [1.807, 2.05) is 73.6 Å². The number of nitrogens with zero attached hydrogens (tertiary/aromatic N) is 3. The molecule has 0 unspecified atom stereocenters. The predicted molar refractivity (Wildman–Crippen MR) is 156 cm³/mol. The zero-order valence-electron chi connectivity index (χ0n) is 23.6. The number of carbonyl (C=O) groups is 2. The maximum atomic E-state index is 13.2. The van der Waals surface area contributed by atoms with E-state index in [0.717, 1.165) is 65.8 Å². The molecule has 0 aliphatic heterocycles. The van der Waals surface area contributed by atoms with Gasteiger partial charge in [-0.2, -0.15) is 0 Å². The minimum absolute atomic E-state index is 0.0336. The van der Waals surface area contributed by atoms with Crippen LogP contribution in [0.2, 0.25) is 0 Å². The minimum atomic E-state index is -0.548. The van der Waals surface area contributed by atoms with E-state index >= 15 is 0 Å². The van der Waals surface area contributed by atoms with Crippen molar-refractivity contribution in [3.8, 4) is 22.5 Å². The summed E-state index contributed by atoms with van der Waals surface area (Å²) in [5.74, 6) is 0.0336. The summed E-state index contributed by atoms with van der Waals surface area (Å²) in [6.45, 7) is 5.62. The van der Waals surface area contributed by atoms with E-state index in [-0.39, 0.29) is 12.0 Å². The van der Waals surface area contributed by atoms with Gasteiger partial charge in [0.1, 0.15) is 11.2 Å². The molecule has 2 aromatic heterocycles. The Hall–Kier alpha value is -4.13. The third-order valence-electron chi connectivity index (χ3n) is 7.99. The number of amides is 2. The number of alkyl carbamates (subject to hydrolysis) is 1. The number of hydrogen-bond donors (Lipinski definition) is 1. The summed E-state index contributed by atoms with van der Waals surface area (Å²) in [5.41, 5.74) is 5.33. The quantitative estimate of drug-likeness (QED) is 0.294. The van der Waals surface area contributed by atoms with Crippen LogP contribution in [0.25, 0.3) is 28.2 Å². The fourth-order valence-corrected chi connectivity index (χ4v) is 5.54.